The highest BCUT2D eigenvalue weighted by atomic mass is 19.1. The van der Waals surface area contributed by atoms with Crippen LogP contribution in [-0.4, -0.2) is 32.6 Å². The van der Waals surface area contributed by atoms with Crippen LogP contribution in [0.5, 0.6) is 0 Å². The Kier molecular flexibility index (Phi) is 4.68. The summed E-state index contributed by atoms with van der Waals surface area (Å²) < 4.78 is 15.8. The highest BCUT2D eigenvalue weighted by Crippen LogP contribution is 2.15. The van der Waals surface area contributed by atoms with Crippen molar-refractivity contribution in [2.75, 3.05) is 0 Å². The van der Waals surface area contributed by atoms with Crippen LogP contribution in [0.2, 0.25) is 0 Å². The molecule has 3 heterocycles. The average Bonchev–Trinajstić information content (AvgIpc) is 3.05. The van der Waals surface area contributed by atoms with Gasteiger partial charge in [0, 0.05) is 30.4 Å². The molecular weight excluding hydrogens is 343 g/mol. The van der Waals surface area contributed by atoms with Gasteiger partial charge in [-0.2, -0.15) is 0 Å². The van der Waals surface area contributed by atoms with Crippen molar-refractivity contribution in [3.05, 3.63) is 77.6 Å². The lowest BCUT2D eigenvalue weighted by Gasteiger charge is -2.21. The lowest BCUT2D eigenvalue weighted by atomic mass is 10.1. The minimum atomic E-state index is -0.233. The van der Waals surface area contributed by atoms with E-state index in [4.69, 9.17) is 0 Å². The van der Waals surface area contributed by atoms with Gasteiger partial charge in [-0.3, -0.25) is 9.72 Å². The van der Waals surface area contributed by atoms with Crippen molar-refractivity contribution < 1.29 is 4.39 Å². The van der Waals surface area contributed by atoms with Gasteiger partial charge in [0.15, 0.2) is 11.9 Å². The van der Waals surface area contributed by atoms with Crippen LogP contribution in [0.15, 0.2) is 59.9 Å². The van der Waals surface area contributed by atoms with E-state index in [-0.39, 0.29) is 12.1 Å². The number of halogens is 1. The molecule has 138 valence electrons. The summed E-state index contributed by atoms with van der Waals surface area (Å²) >= 11 is 0. The number of pyridine rings is 1. The number of nitrogens with zero attached hydrogens (tertiary/aromatic N) is 4. The van der Waals surface area contributed by atoms with E-state index in [0.717, 1.165) is 11.3 Å². The summed E-state index contributed by atoms with van der Waals surface area (Å²) in [6.45, 7) is 4.16. The molecule has 0 amide bonds. The van der Waals surface area contributed by atoms with Crippen LogP contribution in [0.1, 0.15) is 30.8 Å². The maximum absolute atomic E-state index is 13.9. The molecule has 1 aliphatic rings. The number of allylic oxidation sites excluding steroid dienone is 1. The number of aromatic nitrogens is 3. The van der Waals surface area contributed by atoms with Crippen molar-refractivity contribution in [3.8, 4) is 0 Å². The normalized spacial score (nSPS) is 16.6. The molecule has 4 rings (SSSR count). The molecule has 0 bridgehead atoms. The van der Waals surface area contributed by atoms with Gasteiger partial charge in [0.25, 0.3) is 0 Å². The molecule has 0 spiro atoms. The van der Waals surface area contributed by atoms with Gasteiger partial charge in [-0.1, -0.05) is 18.2 Å². The van der Waals surface area contributed by atoms with E-state index in [1.165, 1.54) is 6.07 Å². The van der Waals surface area contributed by atoms with Gasteiger partial charge in [-0.05, 0) is 43.7 Å². The molecule has 2 aromatic heterocycles. The molecule has 0 fully saturated rings. The molecule has 1 unspecified atom stereocenters. The number of benzene rings is 1. The summed E-state index contributed by atoms with van der Waals surface area (Å²) in [6.07, 6.45) is 5.96. The molecule has 3 aromatic rings. The minimum absolute atomic E-state index is 0.157. The van der Waals surface area contributed by atoms with E-state index in [1.807, 2.05) is 41.1 Å². The van der Waals surface area contributed by atoms with Gasteiger partial charge in [0.1, 0.15) is 11.6 Å². The number of aliphatic imine (C=N–C) groups is 1. The molecule has 0 aliphatic carbocycles. The van der Waals surface area contributed by atoms with Crippen molar-refractivity contribution >= 4 is 11.4 Å². The third-order valence-electron chi connectivity index (χ3n) is 4.34. The average molecular weight is 364 g/mol. The first-order chi connectivity index (χ1) is 13.1. The van der Waals surface area contributed by atoms with Crippen LogP contribution < -0.4 is 10.6 Å². The van der Waals surface area contributed by atoms with Gasteiger partial charge in [0.2, 0.25) is 0 Å². The number of rotatable bonds is 5. The van der Waals surface area contributed by atoms with E-state index in [1.54, 1.807) is 12.1 Å². The quantitative estimate of drug-likeness (QED) is 0.730. The maximum Gasteiger partial charge on any atom is 0.174 e. The lowest BCUT2D eigenvalue weighted by molar-refractivity contribution is 0.440. The van der Waals surface area contributed by atoms with Crippen molar-refractivity contribution in [3.63, 3.8) is 0 Å². The number of fused-ring (bicyclic) bond motifs is 1. The predicted octanol–water partition coefficient (Wildman–Crippen LogP) is 2.65. The van der Waals surface area contributed by atoms with Crippen LogP contribution >= 0.6 is 0 Å². The smallest absolute Gasteiger partial charge is 0.174 e. The first kappa shape index (κ1) is 17.4. The molecular formula is C20H21FN6. The van der Waals surface area contributed by atoms with Gasteiger partial charge < -0.3 is 5.32 Å². The van der Waals surface area contributed by atoms with E-state index in [0.29, 0.717) is 29.5 Å². The lowest BCUT2D eigenvalue weighted by Crippen LogP contribution is -2.43. The molecule has 1 aliphatic heterocycles. The van der Waals surface area contributed by atoms with Crippen LogP contribution in [0.25, 0.3) is 5.65 Å². The second-order valence-electron chi connectivity index (χ2n) is 6.77. The fraction of sp³-hybridized carbons (Fsp3) is 0.250. The van der Waals surface area contributed by atoms with Crippen LogP contribution in [0.4, 0.5) is 4.39 Å². The SMILES string of the molecule is CC(C)NC1N=C(c2ccn3c(Cc4ccccc4F)nnc3c2)C=CN1. The van der Waals surface area contributed by atoms with Crippen molar-refractivity contribution in [1.82, 2.24) is 25.2 Å². The van der Waals surface area contributed by atoms with Crippen molar-refractivity contribution in [2.24, 2.45) is 4.99 Å². The van der Waals surface area contributed by atoms with E-state index in [2.05, 4.69) is 39.7 Å². The molecule has 1 atom stereocenters. The topological polar surface area (TPSA) is 66.6 Å². The van der Waals surface area contributed by atoms with Crippen molar-refractivity contribution in [2.45, 2.75) is 32.6 Å². The van der Waals surface area contributed by atoms with E-state index >= 15 is 0 Å². The third kappa shape index (κ3) is 3.73. The van der Waals surface area contributed by atoms with Gasteiger partial charge in [0.05, 0.1) is 5.71 Å². The summed E-state index contributed by atoms with van der Waals surface area (Å²) in [5, 5.41) is 15.0. The fourth-order valence-electron chi connectivity index (χ4n) is 3.04. The molecule has 0 saturated heterocycles. The fourth-order valence-corrected chi connectivity index (χ4v) is 3.04. The molecule has 7 heteroatoms. The van der Waals surface area contributed by atoms with Gasteiger partial charge in [-0.15, -0.1) is 10.2 Å². The largest absolute Gasteiger partial charge is 0.358 e. The zero-order chi connectivity index (χ0) is 18.8. The second kappa shape index (κ2) is 7.28. The zero-order valence-electron chi connectivity index (χ0n) is 15.2. The summed E-state index contributed by atoms with van der Waals surface area (Å²) in [7, 11) is 0. The first-order valence-corrected chi connectivity index (χ1v) is 8.94. The molecule has 6 nitrogen and oxygen atoms in total. The molecule has 0 saturated carbocycles. The molecule has 1 aromatic carbocycles. The molecule has 0 radical (unpaired) electrons. The first-order valence-electron chi connectivity index (χ1n) is 8.94. The standard InChI is InChI=1S/C20H21FN6/c1-13(2)23-20-22-9-7-17(24-20)15-8-10-27-18(25-26-19(27)12-15)11-14-5-3-4-6-16(14)21/h3-10,12-13,20,22-23H,11H2,1-2H3. The number of hydrogen-bond acceptors (Lipinski definition) is 5. The number of hydrogen-bond donors (Lipinski definition) is 2. The maximum atomic E-state index is 13.9. The van der Waals surface area contributed by atoms with E-state index < -0.39 is 0 Å². The Hall–Kier alpha value is -3.06. The molecule has 27 heavy (non-hydrogen) atoms. The number of nitrogens with one attached hydrogen (secondary N) is 2. The minimum Gasteiger partial charge on any atom is -0.358 e. The Morgan fingerprint density at radius 1 is 1.22 bits per heavy atom. The predicted molar refractivity (Wildman–Crippen MR) is 103 cm³/mol. The van der Waals surface area contributed by atoms with Gasteiger partial charge in [-0.25, -0.2) is 9.38 Å². The summed E-state index contributed by atoms with van der Waals surface area (Å²) in [5.41, 5.74) is 3.14. The second-order valence-corrected chi connectivity index (χ2v) is 6.77. The monoisotopic (exact) mass is 364 g/mol. The molecule has 2 N–H and O–H groups in total. The Morgan fingerprint density at radius 3 is 2.89 bits per heavy atom. The summed E-state index contributed by atoms with van der Waals surface area (Å²) in [4.78, 5) is 4.69. The Labute approximate surface area is 156 Å². The van der Waals surface area contributed by atoms with Crippen molar-refractivity contribution in [1.29, 1.82) is 0 Å². The van der Waals surface area contributed by atoms with Crippen LogP contribution in [-0.2, 0) is 6.42 Å². The highest BCUT2D eigenvalue weighted by molar-refractivity contribution is 6.09. The Bertz CT molecular complexity index is 1020. The third-order valence-corrected chi connectivity index (χ3v) is 4.34. The van der Waals surface area contributed by atoms with Gasteiger partial charge >= 0.3 is 0 Å². The summed E-state index contributed by atoms with van der Waals surface area (Å²) in [6, 6.07) is 11.0. The highest BCUT2D eigenvalue weighted by Gasteiger charge is 2.14. The van der Waals surface area contributed by atoms with Crippen LogP contribution in [0, 0.1) is 5.82 Å². The Balaban J connectivity index is 1.62. The van der Waals surface area contributed by atoms with E-state index in [9.17, 15) is 4.39 Å². The summed E-state index contributed by atoms with van der Waals surface area (Å²) in [5.74, 6) is 0.465. The zero-order valence-corrected chi connectivity index (χ0v) is 15.2. The Morgan fingerprint density at radius 2 is 2.07 bits per heavy atom. The van der Waals surface area contributed by atoms with Crippen LogP contribution in [0.3, 0.4) is 0 Å².